The molecular formula is C28H48N2O4. The number of carbonyl (C=O) groups excluding carboxylic acids is 2. The minimum atomic E-state index is -0.409. The van der Waals surface area contributed by atoms with Crippen LogP contribution in [0, 0.1) is 0 Å². The molecule has 34 heavy (non-hydrogen) atoms. The Morgan fingerprint density at radius 3 is 1.47 bits per heavy atom. The zero-order valence-corrected chi connectivity index (χ0v) is 22.2. The highest BCUT2D eigenvalue weighted by Crippen LogP contribution is 2.09. The number of ether oxygens (including phenoxy) is 2. The Morgan fingerprint density at radius 1 is 0.647 bits per heavy atom. The Kier molecular flexibility index (Phi) is 17.2. The maximum atomic E-state index is 12.4. The summed E-state index contributed by atoms with van der Waals surface area (Å²) in [6, 6.07) is 6.59. The van der Waals surface area contributed by atoms with Gasteiger partial charge in [-0.05, 0) is 58.2 Å². The Morgan fingerprint density at radius 2 is 1.06 bits per heavy atom. The molecule has 194 valence electrons. The highest BCUT2D eigenvalue weighted by atomic mass is 16.5. The van der Waals surface area contributed by atoms with Gasteiger partial charge in [-0.15, -0.1) is 0 Å². The molecule has 0 radical (unpaired) electrons. The number of likely N-dealkylation sites (N-methyl/N-ethyl adjacent to an activating group) is 2. The smallest absolute Gasteiger partial charge is 0.338 e. The van der Waals surface area contributed by atoms with E-state index in [0.29, 0.717) is 37.4 Å². The predicted molar refractivity (Wildman–Crippen MR) is 140 cm³/mol. The molecule has 0 amide bonds. The molecule has 0 N–H and O–H groups in total. The molecule has 1 aromatic carbocycles. The van der Waals surface area contributed by atoms with E-state index < -0.39 is 11.9 Å². The van der Waals surface area contributed by atoms with E-state index in [-0.39, 0.29) is 0 Å². The molecule has 0 spiro atoms. The van der Waals surface area contributed by atoms with Crippen molar-refractivity contribution in [2.75, 3.05) is 53.5 Å². The molecule has 0 aliphatic carbocycles. The van der Waals surface area contributed by atoms with Gasteiger partial charge in [0, 0.05) is 13.1 Å². The first-order valence-corrected chi connectivity index (χ1v) is 13.3. The number of unbranched alkanes of at least 4 members (excludes halogenated alkanes) is 8. The van der Waals surface area contributed by atoms with Crippen molar-refractivity contribution in [2.45, 2.75) is 78.1 Å². The van der Waals surface area contributed by atoms with Crippen molar-refractivity contribution in [3.63, 3.8) is 0 Å². The summed E-state index contributed by atoms with van der Waals surface area (Å²) in [5.74, 6) is -0.817. The summed E-state index contributed by atoms with van der Waals surface area (Å²) in [6.45, 7) is 8.53. The fourth-order valence-corrected chi connectivity index (χ4v) is 3.72. The van der Waals surface area contributed by atoms with Crippen LogP contribution in [0.1, 0.15) is 98.8 Å². The third kappa shape index (κ3) is 14.4. The predicted octanol–water partition coefficient (Wildman–Crippen LogP) is 5.80. The summed E-state index contributed by atoms with van der Waals surface area (Å²) >= 11 is 0. The lowest BCUT2D eigenvalue weighted by Crippen LogP contribution is -2.26. The second-order valence-electron chi connectivity index (χ2n) is 9.29. The van der Waals surface area contributed by atoms with Crippen LogP contribution in [-0.4, -0.2) is 75.2 Å². The molecular weight excluding hydrogens is 428 g/mol. The van der Waals surface area contributed by atoms with Gasteiger partial charge in [0.1, 0.15) is 13.2 Å². The summed E-state index contributed by atoms with van der Waals surface area (Å²) in [6.07, 6.45) is 12.5. The van der Waals surface area contributed by atoms with Gasteiger partial charge in [-0.2, -0.15) is 0 Å². The van der Waals surface area contributed by atoms with E-state index in [0.717, 1.165) is 13.1 Å². The van der Waals surface area contributed by atoms with E-state index in [9.17, 15) is 9.59 Å². The van der Waals surface area contributed by atoms with Crippen molar-refractivity contribution in [1.82, 2.24) is 9.80 Å². The van der Waals surface area contributed by atoms with E-state index in [1.807, 2.05) is 14.1 Å². The Balaban J connectivity index is 2.29. The average molecular weight is 477 g/mol. The van der Waals surface area contributed by atoms with E-state index in [1.54, 1.807) is 24.3 Å². The lowest BCUT2D eigenvalue weighted by atomic mass is 10.1. The third-order valence-electron chi connectivity index (χ3n) is 6.03. The van der Waals surface area contributed by atoms with Crippen molar-refractivity contribution in [2.24, 2.45) is 0 Å². The van der Waals surface area contributed by atoms with E-state index >= 15 is 0 Å². The zero-order valence-electron chi connectivity index (χ0n) is 22.2. The van der Waals surface area contributed by atoms with Crippen molar-refractivity contribution in [3.05, 3.63) is 35.4 Å². The Labute approximate surface area is 208 Å². The second-order valence-corrected chi connectivity index (χ2v) is 9.29. The molecule has 0 fully saturated rings. The quantitative estimate of drug-likeness (QED) is 0.175. The molecule has 6 heteroatoms. The van der Waals surface area contributed by atoms with Crippen molar-refractivity contribution < 1.29 is 19.1 Å². The molecule has 0 heterocycles. The molecule has 0 atom stereocenters. The van der Waals surface area contributed by atoms with Crippen LogP contribution in [0.15, 0.2) is 24.3 Å². The van der Waals surface area contributed by atoms with Crippen molar-refractivity contribution in [3.8, 4) is 0 Å². The van der Waals surface area contributed by atoms with Gasteiger partial charge in [0.05, 0.1) is 11.1 Å². The van der Waals surface area contributed by atoms with E-state index in [2.05, 4.69) is 23.6 Å². The number of rotatable bonds is 20. The first-order chi connectivity index (χ1) is 16.5. The van der Waals surface area contributed by atoms with Gasteiger partial charge >= 0.3 is 11.9 Å². The van der Waals surface area contributed by atoms with E-state index in [4.69, 9.17) is 9.47 Å². The molecule has 0 bridgehead atoms. The maximum Gasteiger partial charge on any atom is 0.338 e. The standard InChI is InChI=1S/C28H48N2O4/c1-5-7-9-11-13-18-29(3)20-22-33-27(31)25-16-15-17-26(24-25)28(32)34-23-21-30(4)19-14-12-10-8-6-2/h15-17,24H,5-14,18-23H2,1-4H3. The Bertz CT molecular complexity index is 627. The topological polar surface area (TPSA) is 59.1 Å². The van der Waals surface area contributed by atoms with Crippen molar-refractivity contribution in [1.29, 1.82) is 0 Å². The largest absolute Gasteiger partial charge is 0.461 e. The molecule has 6 nitrogen and oxygen atoms in total. The SMILES string of the molecule is CCCCCCCN(C)CCOC(=O)c1cccc(C(=O)OCCN(C)CCCCCCC)c1. The van der Waals surface area contributed by atoms with Gasteiger partial charge in [-0.25, -0.2) is 9.59 Å². The van der Waals surface area contributed by atoms with Gasteiger partial charge in [0.25, 0.3) is 0 Å². The summed E-state index contributed by atoms with van der Waals surface area (Å²) in [4.78, 5) is 29.2. The molecule has 0 aliphatic heterocycles. The molecule has 1 aromatic rings. The summed E-state index contributed by atoms with van der Waals surface area (Å²) in [5, 5.41) is 0. The fraction of sp³-hybridized carbons (Fsp3) is 0.714. The fourth-order valence-electron chi connectivity index (χ4n) is 3.72. The number of nitrogens with zero attached hydrogens (tertiary/aromatic N) is 2. The highest BCUT2D eigenvalue weighted by molar-refractivity contribution is 5.95. The van der Waals surface area contributed by atoms with Crippen LogP contribution in [-0.2, 0) is 9.47 Å². The average Bonchev–Trinajstić information content (AvgIpc) is 2.83. The van der Waals surface area contributed by atoms with Crippen LogP contribution in [0.5, 0.6) is 0 Å². The van der Waals surface area contributed by atoms with Crippen LogP contribution in [0.3, 0.4) is 0 Å². The van der Waals surface area contributed by atoms with Gasteiger partial charge in [0.2, 0.25) is 0 Å². The normalized spacial score (nSPS) is 11.2. The summed E-state index contributed by atoms with van der Waals surface area (Å²) < 4.78 is 10.8. The first kappa shape index (κ1) is 30.1. The summed E-state index contributed by atoms with van der Waals surface area (Å²) in [5.41, 5.74) is 0.752. The van der Waals surface area contributed by atoms with Gasteiger partial charge in [-0.3, -0.25) is 0 Å². The zero-order chi connectivity index (χ0) is 25.0. The number of hydrogen-bond donors (Lipinski definition) is 0. The lowest BCUT2D eigenvalue weighted by Gasteiger charge is -2.17. The molecule has 0 saturated carbocycles. The van der Waals surface area contributed by atoms with Crippen LogP contribution >= 0.6 is 0 Å². The molecule has 0 unspecified atom stereocenters. The lowest BCUT2D eigenvalue weighted by molar-refractivity contribution is 0.0471. The molecule has 0 saturated heterocycles. The monoisotopic (exact) mass is 476 g/mol. The highest BCUT2D eigenvalue weighted by Gasteiger charge is 2.13. The van der Waals surface area contributed by atoms with Gasteiger partial charge in [0.15, 0.2) is 0 Å². The second kappa shape index (κ2) is 19.4. The third-order valence-corrected chi connectivity index (χ3v) is 6.03. The molecule has 0 aromatic heterocycles. The molecule has 1 rings (SSSR count). The van der Waals surface area contributed by atoms with Crippen molar-refractivity contribution >= 4 is 11.9 Å². The molecule has 0 aliphatic rings. The first-order valence-electron chi connectivity index (χ1n) is 13.3. The van der Waals surface area contributed by atoms with Crippen LogP contribution in [0.4, 0.5) is 0 Å². The van der Waals surface area contributed by atoms with Crippen LogP contribution < -0.4 is 0 Å². The number of carbonyl (C=O) groups is 2. The van der Waals surface area contributed by atoms with E-state index in [1.165, 1.54) is 64.2 Å². The summed E-state index contributed by atoms with van der Waals surface area (Å²) in [7, 11) is 4.10. The number of benzene rings is 1. The maximum absolute atomic E-state index is 12.4. The van der Waals surface area contributed by atoms with Crippen LogP contribution in [0.25, 0.3) is 0 Å². The Hall–Kier alpha value is -1.92. The number of esters is 2. The number of hydrogen-bond acceptors (Lipinski definition) is 6. The minimum Gasteiger partial charge on any atom is -0.461 e. The van der Waals surface area contributed by atoms with Crippen LogP contribution in [0.2, 0.25) is 0 Å². The van der Waals surface area contributed by atoms with Gasteiger partial charge < -0.3 is 19.3 Å². The minimum absolute atomic E-state index is 0.337. The van der Waals surface area contributed by atoms with Gasteiger partial charge in [-0.1, -0.05) is 71.3 Å².